The first-order chi connectivity index (χ1) is 11.4. The van der Waals surface area contributed by atoms with E-state index >= 15 is 0 Å². The molecule has 1 aromatic rings. The second-order valence-corrected chi connectivity index (χ2v) is 8.33. The number of hydrogen-bond acceptors (Lipinski definition) is 3. The van der Waals surface area contributed by atoms with E-state index in [-0.39, 0.29) is 12.4 Å². The molecule has 1 fully saturated rings. The Kier molecular flexibility index (Phi) is 8.82. The molecule has 0 saturated carbocycles. The van der Waals surface area contributed by atoms with Gasteiger partial charge < -0.3 is 4.90 Å². The summed E-state index contributed by atoms with van der Waals surface area (Å²) in [6.07, 6.45) is 2.11. The first-order valence-corrected chi connectivity index (χ1v) is 9.94. The van der Waals surface area contributed by atoms with Crippen LogP contribution in [0.3, 0.4) is 0 Å². The number of thioether (sulfide) groups is 1. The van der Waals surface area contributed by atoms with Crippen LogP contribution in [0.2, 0.25) is 0 Å². The fourth-order valence-electron chi connectivity index (χ4n) is 3.11. The van der Waals surface area contributed by atoms with Gasteiger partial charge in [-0.1, -0.05) is 46.4 Å². The molecular formula is C20H30ClN3S. The molecule has 0 aliphatic carbocycles. The highest BCUT2D eigenvalue weighted by Crippen LogP contribution is 2.32. The summed E-state index contributed by atoms with van der Waals surface area (Å²) in [5.74, 6) is 2.45. The summed E-state index contributed by atoms with van der Waals surface area (Å²) in [7, 11) is 0. The number of aryl methyl sites for hydroxylation is 1. The third-order valence-corrected chi connectivity index (χ3v) is 5.34. The fraction of sp³-hybridized carbons (Fsp3) is 0.600. The molecule has 1 aliphatic heterocycles. The number of aliphatic imine (C=N–C) groups is 1. The van der Waals surface area contributed by atoms with Crippen LogP contribution in [0.25, 0.3) is 0 Å². The largest absolute Gasteiger partial charge is 0.347 e. The smallest absolute Gasteiger partial charge is 0.164 e. The number of nitrogens with zero attached hydrogens (tertiary/aromatic N) is 3. The van der Waals surface area contributed by atoms with Crippen LogP contribution in [0.1, 0.15) is 52.2 Å². The molecule has 0 bridgehead atoms. The molecule has 0 unspecified atom stereocenters. The maximum Gasteiger partial charge on any atom is 0.164 e. The minimum atomic E-state index is 0. The quantitative estimate of drug-likeness (QED) is 0.641. The van der Waals surface area contributed by atoms with Gasteiger partial charge in [0.15, 0.2) is 5.17 Å². The van der Waals surface area contributed by atoms with Crippen molar-refractivity contribution < 1.29 is 0 Å². The molecule has 1 aliphatic rings. The van der Waals surface area contributed by atoms with Crippen molar-refractivity contribution in [2.24, 2.45) is 16.8 Å². The lowest BCUT2D eigenvalue weighted by Gasteiger charge is -2.29. The average molecular weight is 380 g/mol. The average Bonchev–Trinajstić information content (AvgIpc) is 2.88. The van der Waals surface area contributed by atoms with Crippen LogP contribution in [0.5, 0.6) is 0 Å². The maximum absolute atomic E-state index is 9.09. The Hall–Kier alpha value is -1.18. The number of hydrogen-bond donors (Lipinski definition) is 0. The molecule has 5 heteroatoms. The molecule has 0 aromatic heterocycles. The number of nitriles is 1. The lowest BCUT2D eigenvalue weighted by molar-refractivity contribution is 0.279. The molecule has 3 nitrogen and oxygen atoms in total. The zero-order valence-corrected chi connectivity index (χ0v) is 17.6. The van der Waals surface area contributed by atoms with Gasteiger partial charge in [0.25, 0.3) is 0 Å². The monoisotopic (exact) mass is 379 g/mol. The first-order valence-electron chi connectivity index (χ1n) is 8.95. The molecule has 0 amide bonds. The van der Waals surface area contributed by atoms with E-state index in [1.165, 1.54) is 6.42 Å². The van der Waals surface area contributed by atoms with E-state index in [1.54, 1.807) is 0 Å². The predicted molar refractivity (Wildman–Crippen MR) is 112 cm³/mol. The normalized spacial score (nSPS) is 18.7. The highest BCUT2D eigenvalue weighted by Gasteiger charge is 2.31. The lowest BCUT2D eigenvalue weighted by Crippen LogP contribution is -2.37. The molecule has 25 heavy (non-hydrogen) atoms. The van der Waals surface area contributed by atoms with Gasteiger partial charge in [0.05, 0.1) is 17.3 Å². The number of benzene rings is 1. The third kappa shape index (κ3) is 5.94. The van der Waals surface area contributed by atoms with Crippen LogP contribution in [-0.2, 0) is 6.42 Å². The van der Waals surface area contributed by atoms with E-state index in [0.717, 1.165) is 35.1 Å². The zero-order valence-electron chi connectivity index (χ0n) is 16.0. The van der Waals surface area contributed by atoms with Gasteiger partial charge in [0, 0.05) is 18.3 Å². The van der Waals surface area contributed by atoms with Crippen molar-refractivity contribution in [2.75, 3.05) is 12.3 Å². The summed E-state index contributed by atoms with van der Waals surface area (Å²) in [6, 6.07) is 8.64. The molecule has 2 rings (SSSR count). The molecular weight excluding hydrogens is 350 g/mol. The van der Waals surface area contributed by atoms with Gasteiger partial charge in [0.2, 0.25) is 0 Å². The van der Waals surface area contributed by atoms with Crippen LogP contribution in [0.15, 0.2) is 23.2 Å². The molecule has 1 heterocycles. The van der Waals surface area contributed by atoms with Crippen LogP contribution < -0.4 is 0 Å². The van der Waals surface area contributed by atoms with Crippen molar-refractivity contribution in [3.05, 3.63) is 29.3 Å². The Balaban J connectivity index is 0.00000312. The highest BCUT2D eigenvalue weighted by molar-refractivity contribution is 8.14. The predicted octanol–water partition coefficient (Wildman–Crippen LogP) is 5.65. The Morgan fingerprint density at radius 3 is 2.56 bits per heavy atom. The van der Waals surface area contributed by atoms with Crippen molar-refractivity contribution in [2.45, 2.75) is 53.5 Å². The maximum atomic E-state index is 9.09. The standard InChI is InChI=1S/C20H29N3S.ClH/c1-6-17-10-16(11-21)7-8-19(17)22-20-23(12-15(4)5)18(13-24-20)9-14(2)3;/h7-8,10,14-15,18H,6,9,12-13H2,1-5H3;1H/b22-20-;/t18-;/m0./s1. The van der Waals surface area contributed by atoms with Crippen molar-refractivity contribution in [1.29, 1.82) is 5.26 Å². The topological polar surface area (TPSA) is 39.4 Å². The molecule has 1 aromatic carbocycles. The van der Waals surface area contributed by atoms with E-state index in [9.17, 15) is 0 Å². The Labute approximate surface area is 163 Å². The summed E-state index contributed by atoms with van der Waals surface area (Å²) in [5.41, 5.74) is 2.88. The van der Waals surface area contributed by atoms with Gasteiger partial charge in [-0.2, -0.15) is 5.26 Å². The second-order valence-electron chi connectivity index (χ2n) is 7.34. The summed E-state index contributed by atoms with van der Waals surface area (Å²) < 4.78 is 0. The molecule has 1 atom stereocenters. The third-order valence-electron chi connectivity index (χ3n) is 4.20. The van der Waals surface area contributed by atoms with E-state index in [0.29, 0.717) is 23.4 Å². The van der Waals surface area contributed by atoms with Gasteiger partial charge in [-0.3, -0.25) is 0 Å². The molecule has 138 valence electrons. The van der Waals surface area contributed by atoms with Gasteiger partial charge in [-0.25, -0.2) is 4.99 Å². The summed E-state index contributed by atoms with van der Waals surface area (Å²) in [5, 5.41) is 10.2. The summed E-state index contributed by atoms with van der Waals surface area (Å²) in [6.45, 7) is 12.3. The van der Waals surface area contributed by atoms with Crippen molar-refractivity contribution in [1.82, 2.24) is 4.90 Å². The van der Waals surface area contributed by atoms with Gasteiger partial charge in [-0.15, -0.1) is 12.4 Å². The van der Waals surface area contributed by atoms with Crippen LogP contribution in [-0.4, -0.2) is 28.4 Å². The zero-order chi connectivity index (χ0) is 17.7. The highest BCUT2D eigenvalue weighted by atomic mass is 35.5. The SMILES string of the molecule is CCc1cc(C#N)ccc1/N=C1\SC[C@H](CC(C)C)N1CC(C)C.Cl. The second kappa shape index (κ2) is 10.1. The minimum Gasteiger partial charge on any atom is -0.347 e. The van der Waals surface area contributed by atoms with Crippen LogP contribution >= 0.6 is 24.2 Å². The van der Waals surface area contributed by atoms with E-state index in [2.05, 4.69) is 45.6 Å². The van der Waals surface area contributed by atoms with Gasteiger partial charge in [-0.05, 0) is 48.4 Å². The number of rotatable bonds is 6. The van der Waals surface area contributed by atoms with Crippen LogP contribution in [0, 0.1) is 23.2 Å². The fourth-order valence-corrected chi connectivity index (χ4v) is 4.32. The minimum absolute atomic E-state index is 0. The molecule has 0 N–H and O–H groups in total. The van der Waals surface area contributed by atoms with Gasteiger partial charge in [0.1, 0.15) is 0 Å². The Morgan fingerprint density at radius 1 is 1.28 bits per heavy atom. The Bertz CT molecular complexity index is 634. The summed E-state index contributed by atoms with van der Waals surface area (Å²) in [4.78, 5) is 7.50. The molecule has 0 radical (unpaired) electrons. The van der Waals surface area contributed by atoms with Crippen molar-refractivity contribution >= 4 is 35.0 Å². The number of halogens is 1. The summed E-state index contributed by atoms with van der Waals surface area (Å²) >= 11 is 1.88. The van der Waals surface area contributed by atoms with E-state index < -0.39 is 0 Å². The Morgan fingerprint density at radius 2 is 2.00 bits per heavy atom. The molecule has 1 saturated heterocycles. The van der Waals surface area contributed by atoms with Crippen molar-refractivity contribution in [3.8, 4) is 6.07 Å². The van der Waals surface area contributed by atoms with E-state index in [4.69, 9.17) is 10.3 Å². The molecule has 0 spiro atoms. The van der Waals surface area contributed by atoms with E-state index in [1.807, 2.05) is 30.0 Å². The number of amidine groups is 1. The van der Waals surface area contributed by atoms with Gasteiger partial charge >= 0.3 is 0 Å². The lowest BCUT2D eigenvalue weighted by atomic mass is 10.0. The van der Waals surface area contributed by atoms with Crippen LogP contribution in [0.4, 0.5) is 5.69 Å². The van der Waals surface area contributed by atoms with Crippen molar-refractivity contribution in [3.63, 3.8) is 0 Å². The first kappa shape index (κ1) is 21.9.